The maximum absolute atomic E-state index is 12.5. The number of carbonyl (C=O) groups is 1. The Morgan fingerprint density at radius 1 is 1.19 bits per heavy atom. The van der Waals surface area contributed by atoms with Gasteiger partial charge in [0, 0.05) is 22.1 Å². The molecule has 0 saturated carbocycles. The Morgan fingerprint density at radius 3 is 2.62 bits per heavy atom. The first-order valence-electron chi connectivity index (χ1n) is 9.91. The normalized spacial score (nSPS) is 11.6. The SMILES string of the molecule is CC(C)(C)c1cc(NC(=O)CSc2nnc(-c3ccc(Cl)cc3)n2Cc2ccco2)on1. The molecule has 0 fully saturated rings. The van der Waals surface area contributed by atoms with Crippen molar-refractivity contribution in [3.8, 4) is 11.4 Å². The van der Waals surface area contributed by atoms with Crippen LogP contribution in [-0.4, -0.2) is 31.6 Å². The van der Waals surface area contributed by atoms with Gasteiger partial charge in [0.25, 0.3) is 0 Å². The number of hydrogen-bond acceptors (Lipinski definition) is 7. The maximum Gasteiger partial charge on any atom is 0.237 e. The van der Waals surface area contributed by atoms with Crippen molar-refractivity contribution in [3.05, 3.63) is 65.2 Å². The van der Waals surface area contributed by atoms with E-state index in [0.29, 0.717) is 28.4 Å². The number of nitrogens with zero attached hydrogens (tertiary/aromatic N) is 4. The smallest absolute Gasteiger partial charge is 0.237 e. The monoisotopic (exact) mass is 471 g/mol. The van der Waals surface area contributed by atoms with Crippen LogP contribution in [0.1, 0.15) is 32.2 Å². The second kappa shape index (κ2) is 9.22. The lowest BCUT2D eigenvalue weighted by molar-refractivity contribution is -0.113. The number of anilines is 1. The Kier molecular flexibility index (Phi) is 6.38. The Morgan fingerprint density at radius 2 is 1.97 bits per heavy atom. The van der Waals surface area contributed by atoms with Gasteiger partial charge in [-0.25, -0.2) is 0 Å². The van der Waals surface area contributed by atoms with Crippen molar-refractivity contribution in [1.29, 1.82) is 0 Å². The van der Waals surface area contributed by atoms with Gasteiger partial charge >= 0.3 is 0 Å². The molecule has 0 saturated heterocycles. The summed E-state index contributed by atoms with van der Waals surface area (Å²) < 4.78 is 12.6. The molecule has 0 aliphatic rings. The van der Waals surface area contributed by atoms with E-state index >= 15 is 0 Å². The number of thioether (sulfide) groups is 1. The fourth-order valence-corrected chi connectivity index (χ4v) is 3.76. The zero-order valence-electron chi connectivity index (χ0n) is 17.8. The van der Waals surface area contributed by atoms with E-state index in [0.717, 1.165) is 17.0 Å². The van der Waals surface area contributed by atoms with Crippen LogP contribution in [0.3, 0.4) is 0 Å². The van der Waals surface area contributed by atoms with Crippen LogP contribution in [0.5, 0.6) is 0 Å². The molecule has 0 bridgehead atoms. The van der Waals surface area contributed by atoms with Crippen LogP contribution in [0.15, 0.2) is 62.8 Å². The fraction of sp³-hybridized carbons (Fsp3) is 0.273. The van der Waals surface area contributed by atoms with E-state index in [1.807, 2.05) is 49.6 Å². The lowest BCUT2D eigenvalue weighted by Gasteiger charge is -2.12. The van der Waals surface area contributed by atoms with Gasteiger partial charge in [0.1, 0.15) is 5.76 Å². The standard InChI is InChI=1S/C22H22ClN5O3S/c1-22(2,3)17-11-19(31-27-17)24-18(29)13-32-21-26-25-20(14-6-8-15(23)9-7-14)28(21)12-16-5-4-10-30-16/h4-11H,12-13H2,1-3H3,(H,24,29). The Hall–Kier alpha value is -3.04. The minimum Gasteiger partial charge on any atom is -0.467 e. The molecule has 8 nitrogen and oxygen atoms in total. The molecule has 0 atom stereocenters. The van der Waals surface area contributed by atoms with Crippen molar-refractivity contribution in [3.63, 3.8) is 0 Å². The van der Waals surface area contributed by atoms with Gasteiger partial charge in [-0.05, 0) is 36.4 Å². The summed E-state index contributed by atoms with van der Waals surface area (Å²) in [5.41, 5.74) is 1.47. The number of benzene rings is 1. The van der Waals surface area contributed by atoms with Crippen LogP contribution in [0.2, 0.25) is 5.02 Å². The summed E-state index contributed by atoms with van der Waals surface area (Å²) in [6.07, 6.45) is 1.62. The summed E-state index contributed by atoms with van der Waals surface area (Å²) in [5, 5.41) is 16.6. The molecule has 3 aromatic heterocycles. The van der Waals surface area contributed by atoms with E-state index in [9.17, 15) is 4.79 Å². The molecule has 32 heavy (non-hydrogen) atoms. The predicted octanol–water partition coefficient (Wildman–Crippen LogP) is 5.26. The molecule has 0 aliphatic carbocycles. The minimum atomic E-state index is -0.229. The summed E-state index contributed by atoms with van der Waals surface area (Å²) in [4.78, 5) is 12.5. The summed E-state index contributed by atoms with van der Waals surface area (Å²) >= 11 is 7.29. The third kappa shape index (κ3) is 5.23. The molecular weight excluding hydrogens is 450 g/mol. The Labute approximate surface area is 194 Å². The Balaban J connectivity index is 1.49. The maximum atomic E-state index is 12.5. The van der Waals surface area contributed by atoms with Crippen molar-refractivity contribution >= 4 is 35.2 Å². The highest BCUT2D eigenvalue weighted by molar-refractivity contribution is 7.99. The zero-order chi connectivity index (χ0) is 22.7. The zero-order valence-corrected chi connectivity index (χ0v) is 19.4. The molecule has 0 unspecified atom stereocenters. The van der Waals surface area contributed by atoms with Gasteiger partial charge in [-0.1, -0.05) is 49.3 Å². The summed E-state index contributed by atoms with van der Waals surface area (Å²) in [5.74, 6) is 1.63. The van der Waals surface area contributed by atoms with Gasteiger partial charge in [0.05, 0.1) is 24.3 Å². The van der Waals surface area contributed by atoms with Crippen LogP contribution in [0, 0.1) is 0 Å². The molecule has 1 aromatic carbocycles. The number of aromatic nitrogens is 4. The molecule has 1 amide bonds. The number of halogens is 1. The van der Waals surface area contributed by atoms with Gasteiger partial charge in [-0.3, -0.25) is 14.7 Å². The lowest BCUT2D eigenvalue weighted by Crippen LogP contribution is -2.15. The van der Waals surface area contributed by atoms with E-state index in [4.69, 9.17) is 20.5 Å². The van der Waals surface area contributed by atoms with Gasteiger partial charge in [-0.2, -0.15) is 0 Å². The van der Waals surface area contributed by atoms with Crippen molar-refractivity contribution in [2.75, 3.05) is 11.1 Å². The van der Waals surface area contributed by atoms with Crippen LogP contribution in [0.4, 0.5) is 5.88 Å². The molecule has 10 heteroatoms. The number of nitrogens with one attached hydrogen (secondary N) is 1. The van der Waals surface area contributed by atoms with Gasteiger partial charge < -0.3 is 8.94 Å². The average molecular weight is 472 g/mol. The highest BCUT2D eigenvalue weighted by Crippen LogP contribution is 2.27. The first-order valence-corrected chi connectivity index (χ1v) is 11.3. The number of furan rings is 1. The largest absolute Gasteiger partial charge is 0.467 e. The van der Waals surface area contributed by atoms with Gasteiger partial charge in [0.15, 0.2) is 11.0 Å². The topological polar surface area (TPSA) is 99.0 Å². The number of amides is 1. The van der Waals surface area contributed by atoms with Crippen LogP contribution in [0.25, 0.3) is 11.4 Å². The predicted molar refractivity (Wildman–Crippen MR) is 123 cm³/mol. The first kappa shape index (κ1) is 22.2. The molecule has 166 valence electrons. The summed E-state index contributed by atoms with van der Waals surface area (Å²) in [6.45, 7) is 6.50. The second-order valence-electron chi connectivity index (χ2n) is 8.14. The van der Waals surface area contributed by atoms with E-state index in [1.165, 1.54) is 11.8 Å². The highest BCUT2D eigenvalue weighted by Gasteiger charge is 2.21. The van der Waals surface area contributed by atoms with Gasteiger partial charge in [-0.15, -0.1) is 10.2 Å². The van der Waals surface area contributed by atoms with Crippen LogP contribution < -0.4 is 5.32 Å². The minimum absolute atomic E-state index is 0.127. The molecule has 0 radical (unpaired) electrons. The third-order valence-electron chi connectivity index (χ3n) is 4.59. The van der Waals surface area contributed by atoms with Crippen molar-refractivity contribution in [2.45, 2.75) is 37.9 Å². The molecule has 0 spiro atoms. The molecule has 4 rings (SSSR count). The molecule has 0 aliphatic heterocycles. The van der Waals surface area contributed by atoms with Crippen molar-refractivity contribution < 1.29 is 13.7 Å². The second-order valence-corrected chi connectivity index (χ2v) is 9.52. The van der Waals surface area contributed by atoms with Crippen molar-refractivity contribution in [2.24, 2.45) is 0 Å². The third-order valence-corrected chi connectivity index (χ3v) is 5.81. The number of rotatable bonds is 7. The summed E-state index contributed by atoms with van der Waals surface area (Å²) in [7, 11) is 0. The quantitative estimate of drug-likeness (QED) is 0.367. The highest BCUT2D eigenvalue weighted by atomic mass is 35.5. The number of carbonyl (C=O) groups excluding carboxylic acids is 1. The molecule has 3 heterocycles. The average Bonchev–Trinajstić information content (AvgIpc) is 3.49. The number of hydrogen-bond donors (Lipinski definition) is 1. The van der Waals surface area contributed by atoms with E-state index < -0.39 is 0 Å². The molecule has 4 aromatic rings. The van der Waals surface area contributed by atoms with E-state index in [2.05, 4.69) is 20.7 Å². The fourth-order valence-electron chi connectivity index (χ4n) is 2.90. The Bertz CT molecular complexity index is 1190. The first-order chi connectivity index (χ1) is 15.3. The lowest BCUT2D eigenvalue weighted by atomic mass is 9.92. The van der Waals surface area contributed by atoms with E-state index in [-0.39, 0.29) is 17.1 Å². The summed E-state index contributed by atoms with van der Waals surface area (Å²) in [6, 6.07) is 12.8. The van der Waals surface area contributed by atoms with E-state index in [1.54, 1.807) is 24.5 Å². The molecular formula is C22H22ClN5O3S. The van der Waals surface area contributed by atoms with Crippen LogP contribution >= 0.6 is 23.4 Å². The van der Waals surface area contributed by atoms with Gasteiger partial charge in [0.2, 0.25) is 11.8 Å². The van der Waals surface area contributed by atoms with Crippen LogP contribution in [-0.2, 0) is 16.8 Å². The molecule has 1 N–H and O–H groups in total. The van der Waals surface area contributed by atoms with Crippen molar-refractivity contribution in [1.82, 2.24) is 19.9 Å².